The zero-order chi connectivity index (χ0) is 10.7. The van der Waals surface area contributed by atoms with Gasteiger partial charge in [0.1, 0.15) is 17.4 Å². The summed E-state index contributed by atoms with van der Waals surface area (Å²) in [6.07, 6.45) is 0.486. The molecule has 1 atom stereocenters. The third kappa shape index (κ3) is 3.04. The molecule has 0 spiro atoms. The Morgan fingerprint density at radius 3 is 2.13 bits per heavy atom. The van der Waals surface area contributed by atoms with Gasteiger partial charge in [-0.2, -0.15) is 0 Å². The molecular weight excluding hydrogens is 224 g/mol. The molecule has 1 aromatic rings. The van der Waals surface area contributed by atoms with E-state index in [0.29, 0.717) is 6.42 Å². The number of nitrogens with two attached hydrogens (primary N) is 1. The molecule has 0 saturated heterocycles. The highest BCUT2D eigenvalue weighted by Crippen LogP contribution is 2.25. The van der Waals surface area contributed by atoms with Crippen LogP contribution in [0.4, 0.5) is 8.78 Å². The van der Waals surface area contributed by atoms with E-state index in [1.165, 1.54) is 7.11 Å². The molecule has 0 bridgehead atoms. The number of ether oxygens (including phenoxy) is 1. The Hall–Kier alpha value is -0.870. The number of halogens is 3. The molecular formula is C10H14ClF2NO. The lowest BCUT2D eigenvalue weighted by Crippen LogP contribution is -2.13. The van der Waals surface area contributed by atoms with Gasteiger partial charge in [-0.25, -0.2) is 8.78 Å². The van der Waals surface area contributed by atoms with Crippen molar-refractivity contribution < 1.29 is 13.5 Å². The summed E-state index contributed by atoms with van der Waals surface area (Å²) in [4.78, 5) is 0. The summed E-state index contributed by atoms with van der Waals surface area (Å²) in [7, 11) is 1.35. The molecule has 0 radical (unpaired) electrons. The third-order valence-corrected chi connectivity index (χ3v) is 2.10. The van der Waals surface area contributed by atoms with Crippen LogP contribution in [0.5, 0.6) is 5.75 Å². The van der Waals surface area contributed by atoms with E-state index < -0.39 is 17.7 Å². The summed E-state index contributed by atoms with van der Waals surface area (Å²) in [5.41, 5.74) is 5.49. The minimum absolute atomic E-state index is 0. The number of benzene rings is 1. The van der Waals surface area contributed by atoms with Crippen LogP contribution in [0, 0.1) is 11.6 Å². The lowest BCUT2D eigenvalue weighted by molar-refractivity contribution is 0.403. The molecule has 0 aliphatic carbocycles. The average molecular weight is 238 g/mol. The van der Waals surface area contributed by atoms with Gasteiger partial charge in [0.25, 0.3) is 0 Å². The van der Waals surface area contributed by atoms with Crippen molar-refractivity contribution in [2.45, 2.75) is 19.4 Å². The van der Waals surface area contributed by atoms with Gasteiger partial charge in [-0.3, -0.25) is 0 Å². The van der Waals surface area contributed by atoms with E-state index in [-0.39, 0.29) is 23.7 Å². The van der Waals surface area contributed by atoms with Gasteiger partial charge < -0.3 is 10.5 Å². The molecule has 0 aliphatic rings. The second-order valence-corrected chi connectivity index (χ2v) is 3.02. The quantitative estimate of drug-likeness (QED) is 0.878. The maximum atomic E-state index is 13.3. The molecule has 1 aromatic carbocycles. The van der Waals surface area contributed by atoms with Crippen LogP contribution < -0.4 is 10.5 Å². The van der Waals surface area contributed by atoms with Gasteiger partial charge in [-0.1, -0.05) is 6.92 Å². The Kier molecular flexibility index (Phi) is 5.54. The highest BCUT2D eigenvalue weighted by Gasteiger charge is 2.16. The third-order valence-electron chi connectivity index (χ3n) is 2.10. The fraction of sp³-hybridized carbons (Fsp3) is 0.400. The van der Waals surface area contributed by atoms with E-state index >= 15 is 0 Å². The van der Waals surface area contributed by atoms with Gasteiger partial charge in [0.15, 0.2) is 0 Å². The Labute approximate surface area is 93.8 Å². The van der Waals surface area contributed by atoms with Crippen LogP contribution in [0.25, 0.3) is 0 Å². The summed E-state index contributed by atoms with van der Waals surface area (Å²) in [5, 5.41) is 0. The normalized spacial score (nSPS) is 11.8. The molecule has 2 nitrogen and oxygen atoms in total. The molecule has 0 heterocycles. The summed E-state index contributed by atoms with van der Waals surface area (Å²) >= 11 is 0. The van der Waals surface area contributed by atoms with Crippen molar-refractivity contribution in [3.8, 4) is 5.75 Å². The van der Waals surface area contributed by atoms with Crippen LogP contribution in [-0.2, 0) is 0 Å². The molecule has 5 heteroatoms. The molecule has 0 unspecified atom stereocenters. The van der Waals surface area contributed by atoms with Gasteiger partial charge >= 0.3 is 0 Å². The van der Waals surface area contributed by atoms with Crippen LogP contribution >= 0.6 is 12.4 Å². The smallest absolute Gasteiger partial charge is 0.134 e. The first-order chi connectivity index (χ1) is 6.60. The van der Waals surface area contributed by atoms with Crippen molar-refractivity contribution in [3.05, 3.63) is 29.3 Å². The molecule has 2 N–H and O–H groups in total. The Bertz CT molecular complexity index is 310. The van der Waals surface area contributed by atoms with Gasteiger partial charge in [0.05, 0.1) is 7.11 Å². The predicted molar refractivity (Wildman–Crippen MR) is 57.4 cm³/mol. The lowest BCUT2D eigenvalue weighted by Gasteiger charge is -2.12. The molecule has 0 aliphatic heterocycles. The Morgan fingerprint density at radius 1 is 1.33 bits per heavy atom. The zero-order valence-corrected chi connectivity index (χ0v) is 9.41. The molecule has 0 amide bonds. The fourth-order valence-corrected chi connectivity index (χ4v) is 1.24. The highest BCUT2D eigenvalue weighted by atomic mass is 35.5. The summed E-state index contributed by atoms with van der Waals surface area (Å²) in [6, 6.07) is 1.66. The van der Waals surface area contributed by atoms with Crippen LogP contribution in [0.1, 0.15) is 24.9 Å². The molecule has 1 rings (SSSR count). The van der Waals surface area contributed by atoms with Crippen molar-refractivity contribution in [1.82, 2.24) is 0 Å². The largest absolute Gasteiger partial charge is 0.497 e. The van der Waals surface area contributed by atoms with Crippen molar-refractivity contribution in [1.29, 1.82) is 0 Å². The summed E-state index contributed by atoms with van der Waals surface area (Å²) in [5.74, 6) is -1.15. The Morgan fingerprint density at radius 2 is 1.80 bits per heavy atom. The van der Waals surface area contributed by atoms with Gasteiger partial charge in [0.2, 0.25) is 0 Å². The maximum Gasteiger partial charge on any atom is 0.134 e. The SMILES string of the molecule is CC[C@@H](N)c1c(F)cc(OC)cc1F.Cl. The van der Waals surface area contributed by atoms with Crippen molar-refractivity contribution in [3.63, 3.8) is 0 Å². The topological polar surface area (TPSA) is 35.2 Å². The standard InChI is InChI=1S/C10H13F2NO.ClH/c1-3-9(13)10-7(11)4-6(14-2)5-8(10)12;/h4-5,9H,3,13H2,1-2H3;1H/t9-;/m1./s1. The van der Waals surface area contributed by atoms with E-state index in [9.17, 15) is 8.78 Å². The molecule has 0 fully saturated rings. The van der Waals surface area contributed by atoms with Crippen LogP contribution in [0.2, 0.25) is 0 Å². The van der Waals surface area contributed by atoms with E-state index in [4.69, 9.17) is 10.5 Å². The monoisotopic (exact) mass is 237 g/mol. The zero-order valence-electron chi connectivity index (χ0n) is 8.59. The second-order valence-electron chi connectivity index (χ2n) is 3.02. The first kappa shape index (κ1) is 14.1. The van der Waals surface area contributed by atoms with Crippen molar-refractivity contribution >= 4 is 12.4 Å². The Balaban J connectivity index is 0.00000196. The van der Waals surface area contributed by atoms with Crippen molar-refractivity contribution in [2.75, 3.05) is 7.11 Å². The van der Waals surface area contributed by atoms with Gasteiger partial charge in [-0.05, 0) is 6.42 Å². The summed E-state index contributed by atoms with van der Waals surface area (Å²) in [6.45, 7) is 1.77. The van der Waals surface area contributed by atoms with E-state index in [2.05, 4.69) is 0 Å². The van der Waals surface area contributed by atoms with E-state index in [1.54, 1.807) is 6.92 Å². The van der Waals surface area contributed by atoms with Gasteiger partial charge in [0, 0.05) is 23.7 Å². The molecule has 0 saturated carbocycles. The first-order valence-electron chi connectivity index (χ1n) is 4.38. The second kappa shape index (κ2) is 5.88. The summed E-state index contributed by atoms with van der Waals surface area (Å²) < 4.78 is 31.4. The fourth-order valence-electron chi connectivity index (χ4n) is 1.24. The van der Waals surface area contributed by atoms with Gasteiger partial charge in [-0.15, -0.1) is 12.4 Å². The van der Waals surface area contributed by atoms with E-state index in [0.717, 1.165) is 12.1 Å². The first-order valence-corrected chi connectivity index (χ1v) is 4.38. The highest BCUT2D eigenvalue weighted by molar-refractivity contribution is 5.85. The number of hydrogen-bond donors (Lipinski definition) is 1. The van der Waals surface area contributed by atoms with Crippen LogP contribution in [0.3, 0.4) is 0 Å². The maximum absolute atomic E-state index is 13.3. The van der Waals surface area contributed by atoms with Crippen LogP contribution in [-0.4, -0.2) is 7.11 Å². The molecule has 15 heavy (non-hydrogen) atoms. The minimum atomic E-state index is -0.656. The predicted octanol–water partition coefficient (Wildman–Crippen LogP) is 2.81. The van der Waals surface area contributed by atoms with Crippen LogP contribution in [0.15, 0.2) is 12.1 Å². The number of rotatable bonds is 3. The molecule has 86 valence electrons. The van der Waals surface area contributed by atoms with E-state index in [1.807, 2.05) is 0 Å². The lowest BCUT2D eigenvalue weighted by atomic mass is 10.0. The number of methoxy groups -OCH3 is 1. The van der Waals surface area contributed by atoms with Crippen molar-refractivity contribution in [2.24, 2.45) is 5.73 Å². The minimum Gasteiger partial charge on any atom is -0.497 e. The number of hydrogen-bond acceptors (Lipinski definition) is 2. The average Bonchev–Trinajstić information content (AvgIpc) is 2.16. The molecule has 0 aromatic heterocycles.